The van der Waals surface area contributed by atoms with Gasteiger partial charge in [0.1, 0.15) is 5.60 Å². The largest absolute Gasteiger partial charge is 0.444 e. The lowest BCUT2D eigenvalue weighted by Gasteiger charge is -2.54. The molecule has 1 heterocycles. The number of amides is 4. The number of hydrogen-bond acceptors (Lipinski definition) is 6. The van der Waals surface area contributed by atoms with Crippen LogP contribution in [0.15, 0.2) is 0 Å². The van der Waals surface area contributed by atoms with Crippen molar-refractivity contribution in [2.75, 3.05) is 45.8 Å². The number of unbranched alkanes of at least 4 members (excludes halogenated alkanes) is 1. The van der Waals surface area contributed by atoms with Gasteiger partial charge in [-0.15, -0.1) is 0 Å². The molecule has 1 rings (SSSR count). The number of piperazine rings is 1. The van der Waals surface area contributed by atoms with Crippen molar-refractivity contribution < 1.29 is 23.9 Å². The fourth-order valence-corrected chi connectivity index (χ4v) is 8.51. The molecule has 4 amide bonds. The van der Waals surface area contributed by atoms with E-state index in [9.17, 15) is 19.2 Å². The van der Waals surface area contributed by atoms with Crippen molar-refractivity contribution in [3.05, 3.63) is 0 Å². The third kappa shape index (κ3) is 15.0. The number of nitrogens with zero attached hydrogens (tertiary/aromatic N) is 5. The van der Waals surface area contributed by atoms with Crippen LogP contribution in [-0.2, 0) is 19.1 Å². The quantitative estimate of drug-likeness (QED) is 0.115. The molecule has 0 bridgehead atoms. The molecule has 0 aromatic heterocycles. The summed E-state index contributed by atoms with van der Waals surface area (Å²) in [6.07, 6.45) is 8.00. The molecule has 1 saturated heterocycles. The Kier molecular flexibility index (Phi) is 19.4. The van der Waals surface area contributed by atoms with Crippen LogP contribution in [0.1, 0.15) is 196 Å². The van der Waals surface area contributed by atoms with Gasteiger partial charge in [0.25, 0.3) is 0 Å². The van der Waals surface area contributed by atoms with Gasteiger partial charge in [0.05, 0.1) is 0 Å². The first kappa shape index (κ1) is 53.7. The molecule has 0 aromatic rings. The summed E-state index contributed by atoms with van der Waals surface area (Å²) in [6.45, 7) is 46.5. The second-order valence-electron chi connectivity index (χ2n) is 22.4. The van der Waals surface area contributed by atoms with E-state index in [1.807, 2.05) is 25.7 Å². The summed E-state index contributed by atoms with van der Waals surface area (Å²) < 4.78 is 5.62. The monoisotopic (exact) mass is 820 g/mol. The number of rotatable bonds is 21. The lowest BCUT2D eigenvalue weighted by atomic mass is 9.68. The van der Waals surface area contributed by atoms with E-state index in [1.165, 1.54) is 6.42 Å². The summed E-state index contributed by atoms with van der Waals surface area (Å²) in [5.74, 6) is 0.840. The fourth-order valence-electron chi connectivity index (χ4n) is 8.51. The van der Waals surface area contributed by atoms with Crippen LogP contribution < -0.4 is 0 Å². The molecule has 58 heavy (non-hydrogen) atoms. The summed E-state index contributed by atoms with van der Waals surface area (Å²) in [6, 6.07) is 0. The molecule has 0 aromatic carbocycles. The van der Waals surface area contributed by atoms with Crippen molar-refractivity contribution in [3.8, 4) is 0 Å². The normalized spacial score (nSPS) is 15.9. The molecule has 1 fully saturated rings. The molecule has 340 valence electrons. The highest BCUT2D eigenvalue weighted by Crippen LogP contribution is 2.44. The fraction of sp³-hybridized carbons (Fsp3) is 0.917. The van der Waals surface area contributed by atoms with Gasteiger partial charge in [-0.25, -0.2) is 4.79 Å². The summed E-state index contributed by atoms with van der Waals surface area (Å²) in [7, 11) is 0. The molecule has 10 nitrogen and oxygen atoms in total. The Hall–Kier alpha value is -2.36. The summed E-state index contributed by atoms with van der Waals surface area (Å²) in [4.78, 5) is 64.0. The van der Waals surface area contributed by atoms with E-state index in [4.69, 9.17) is 4.74 Å². The van der Waals surface area contributed by atoms with Crippen molar-refractivity contribution >= 4 is 23.8 Å². The lowest BCUT2D eigenvalue weighted by Crippen LogP contribution is -2.61. The zero-order chi connectivity index (χ0) is 45.3. The highest BCUT2D eigenvalue weighted by molar-refractivity contribution is 5.77. The van der Waals surface area contributed by atoms with Crippen LogP contribution in [0.5, 0.6) is 0 Å². The number of carbonyl (C=O) groups is 4. The van der Waals surface area contributed by atoms with Crippen molar-refractivity contribution in [3.63, 3.8) is 0 Å². The maximum Gasteiger partial charge on any atom is 0.410 e. The van der Waals surface area contributed by atoms with Gasteiger partial charge in [-0.1, -0.05) is 67.2 Å². The molecule has 0 spiro atoms. The maximum absolute atomic E-state index is 14.6. The van der Waals surface area contributed by atoms with E-state index in [-0.39, 0.29) is 45.7 Å². The molecule has 1 aliphatic heterocycles. The van der Waals surface area contributed by atoms with Gasteiger partial charge >= 0.3 is 6.09 Å². The second-order valence-corrected chi connectivity index (χ2v) is 22.4. The summed E-state index contributed by atoms with van der Waals surface area (Å²) in [5.41, 5.74) is -2.67. The first-order valence-electron chi connectivity index (χ1n) is 22.8. The second kappa shape index (κ2) is 20.9. The number of ether oxygens (including phenoxy) is 1. The molecule has 0 radical (unpaired) electrons. The Bertz CT molecular complexity index is 1330. The van der Waals surface area contributed by atoms with Crippen LogP contribution in [0.25, 0.3) is 0 Å². The van der Waals surface area contributed by atoms with Crippen LogP contribution in [0.2, 0.25) is 0 Å². The van der Waals surface area contributed by atoms with Gasteiger partial charge in [0.15, 0.2) is 0 Å². The Morgan fingerprint density at radius 3 is 1.47 bits per heavy atom. The first-order valence-corrected chi connectivity index (χ1v) is 22.8. The molecule has 10 heteroatoms. The molecule has 1 unspecified atom stereocenters. The predicted octanol–water partition coefficient (Wildman–Crippen LogP) is 10.4. The number of carbonyl (C=O) groups excluding carboxylic acids is 4. The minimum atomic E-state index is -0.525. The summed E-state index contributed by atoms with van der Waals surface area (Å²) in [5, 5.41) is 0. The topological polar surface area (TPSA) is 93.7 Å². The van der Waals surface area contributed by atoms with E-state index in [2.05, 4.69) is 119 Å². The van der Waals surface area contributed by atoms with Gasteiger partial charge in [0, 0.05) is 88.2 Å². The highest BCUT2D eigenvalue weighted by Gasteiger charge is 2.48. The van der Waals surface area contributed by atoms with Gasteiger partial charge < -0.3 is 24.3 Å². The third-order valence-electron chi connectivity index (χ3n) is 14.5. The van der Waals surface area contributed by atoms with Crippen molar-refractivity contribution in [2.45, 2.75) is 224 Å². The van der Waals surface area contributed by atoms with Crippen molar-refractivity contribution in [2.24, 2.45) is 16.7 Å². The average Bonchev–Trinajstić information content (AvgIpc) is 3.06. The molecule has 1 aliphatic rings. The molecule has 0 aliphatic carbocycles. The van der Waals surface area contributed by atoms with Crippen LogP contribution >= 0.6 is 0 Å². The zero-order valence-electron chi connectivity index (χ0n) is 41.7. The van der Waals surface area contributed by atoms with Crippen LogP contribution in [-0.4, -0.2) is 122 Å². The van der Waals surface area contributed by atoms with Crippen LogP contribution in [0.4, 0.5) is 4.79 Å². The smallest absolute Gasteiger partial charge is 0.410 e. The van der Waals surface area contributed by atoms with E-state index in [0.29, 0.717) is 45.1 Å². The van der Waals surface area contributed by atoms with E-state index in [1.54, 1.807) is 18.7 Å². The first-order chi connectivity index (χ1) is 26.2. The van der Waals surface area contributed by atoms with Gasteiger partial charge in [-0.2, -0.15) is 0 Å². The molecule has 0 saturated carbocycles. The molecule has 0 N–H and O–H groups in total. The van der Waals surface area contributed by atoms with E-state index >= 15 is 0 Å². The van der Waals surface area contributed by atoms with E-state index < -0.39 is 16.7 Å². The Labute approximate surface area is 357 Å². The zero-order valence-corrected chi connectivity index (χ0v) is 41.7. The van der Waals surface area contributed by atoms with Crippen LogP contribution in [0.3, 0.4) is 0 Å². The molecule has 1 atom stereocenters. The minimum Gasteiger partial charge on any atom is -0.444 e. The Morgan fingerprint density at radius 1 is 0.603 bits per heavy atom. The van der Waals surface area contributed by atoms with Crippen LogP contribution in [0, 0.1) is 16.7 Å². The van der Waals surface area contributed by atoms with Crippen molar-refractivity contribution in [1.82, 2.24) is 24.5 Å². The third-order valence-corrected chi connectivity index (χ3v) is 14.5. The SMILES string of the molecule is CCCCC(CC)CCC(=O)N(CCC(C)(C)C(C)(C)N(CCC(C)(C)N1CCN(C(=O)OC(C)(C)C)CC1)C(C)=O)C(C)(C)C(C)(C)CCN(C(C)=O)C(C)(C)C. The maximum atomic E-state index is 14.6. The molecular formula is C48H93N5O5. The number of hydrogen-bond donors (Lipinski definition) is 0. The lowest BCUT2D eigenvalue weighted by molar-refractivity contribution is -0.147. The summed E-state index contributed by atoms with van der Waals surface area (Å²) >= 11 is 0. The highest BCUT2D eigenvalue weighted by atomic mass is 16.6. The Balaban J connectivity index is 3.34. The van der Waals surface area contributed by atoms with E-state index in [0.717, 1.165) is 58.0 Å². The predicted molar refractivity (Wildman–Crippen MR) is 242 cm³/mol. The standard InChI is InChI=1S/C48H93N5O5/c1-21-23-24-39(22-2)25-26-40(56)53(48(19,20)45(13,14)27-30-51(37(3)54)42(5,6)7)31-28-44(11,12)47(17,18)52(38(4)55)32-29-46(15,16)50-35-33-49(34-36-50)41(57)58-43(8,9)10/h39H,21-36H2,1-20H3. The van der Waals surface area contributed by atoms with Crippen molar-refractivity contribution in [1.29, 1.82) is 0 Å². The van der Waals surface area contributed by atoms with Gasteiger partial charge in [-0.05, 0) is 126 Å². The minimum absolute atomic E-state index is 0.0459. The Morgan fingerprint density at radius 2 is 1.05 bits per heavy atom. The van der Waals surface area contributed by atoms with Gasteiger partial charge in [0.2, 0.25) is 17.7 Å². The molecular weight excluding hydrogens is 727 g/mol. The van der Waals surface area contributed by atoms with Gasteiger partial charge in [-0.3, -0.25) is 19.3 Å². The average molecular weight is 820 g/mol.